The zero-order valence-electron chi connectivity index (χ0n) is 13.9. The number of likely N-dealkylation sites (tertiary alicyclic amines) is 2. The summed E-state index contributed by atoms with van der Waals surface area (Å²) in [5, 5.41) is 3.34. The first-order chi connectivity index (χ1) is 10.2. The molecule has 122 valence electrons. The number of likely N-dealkylation sites (N-methyl/N-ethyl adjacent to an activating group) is 2. The fourth-order valence-corrected chi connectivity index (χ4v) is 3.71. The van der Waals surface area contributed by atoms with E-state index < -0.39 is 0 Å². The molecule has 3 N–H and O–H groups in total. The number of nitrogens with two attached hydrogens (primary N) is 1. The summed E-state index contributed by atoms with van der Waals surface area (Å²) in [6.45, 7) is 11.0. The molecule has 0 spiro atoms. The second kappa shape index (κ2) is 8.59. The van der Waals surface area contributed by atoms with Crippen molar-refractivity contribution in [2.24, 2.45) is 10.7 Å². The zero-order chi connectivity index (χ0) is 15.1. The predicted molar refractivity (Wildman–Crippen MR) is 89.6 cm³/mol. The molecule has 0 aliphatic carbocycles. The highest BCUT2D eigenvalue weighted by Crippen LogP contribution is 2.17. The lowest BCUT2D eigenvalue weighted by Crippen LogP contribution is -2.48. The van der Waals surface area contributed by atoms with Crippen molar-refractivity contribution < 1.29 is 0 Å². The van der Waals surface area contributed by atoms with E-state index in [1.54, 1.807) is 0 Å². The average molecular weight is 295 g/mol. The second-order valence-electron chi connectivity index (χ2n) is 6.31. The van der Waals surface area contributed by atoms with E-state index in [9.17, 15) is 0 Å². The Morgan fingerprint density at radius 2 is 1.71 bits per heavy atom. The summed E-state index contributed by atoms with van der Waals surface area (Å²) >= 11 is 0. The van der Waals surface area contributed by atoms with Gasteiger partial charge in [-0.2, -0.15) is 0 Å². The summed E-state index contributed by atoms with van der Waals surface area (Å²) in [6, 6.07) is 1.22. The lowest BCUT2D eigenvalue weighted by molar-refractivity contribution is 0.157. The molecule has 2 rings (SSSR count). The van der Waals surface area contributed by atoms with Gasteiger partial charge >= 0.3 is 0 Å². The highest BCUT2D eigenvalue weighted by molar-refractivity contribution is 5.77. The molecular formula is C16H33N5. The molecular weight excluding hydrogens is 262 g/mol. The Morgan fingerprint density at radius 1 is 1.05 bits per heavy atom. The predicted octanol–water partition coefficient (Wildman–Crippen LogP) is 1.25. The van der Waals surface area contributed by atoms with Crippen LogP contribution in [0.3, 0.4) is 0 Å². The Bertz CT molecular complexity index is 331. The molecule has 0 amide bonds. The van der Waals surface area contributed by atoms with Gasteiger partial charge in [0.25, 0.3) is 0 Å². The fourth-order valence-electron chi connectivity index (χ4n) is 3.71. The molecule has 21 heavy (non-hydrogen) atoms. The lowest BCUT2D eigenvalue weighted by Gasteiger charge is -2.35. The molecule has 0 aromatic rings. The van der Waals surface area contributed by atoms with Crippen molar-refractivity contribution in [1.29, 1.82) is 0 Å². The smallest absolute Gasteiger partial charge is 0.188 e. The summed E-state index contributed by atoms with van der Waals surface area (Å²) in [5.41, 5.74) is 6.04. The molecule has 0 aromatic carbocycles. The number of rotatable bonds is 6. The second-order valence-corrected chi connectivity index (χ2v) is 6.31. The summed E-state index contributed by atoms with van der Waals surface area (Å²) in [6.07, 6.45) is 6.52. The largest absolute Gasteiger partial charge is 0.370 e. The van der Waals surface area contributed by atoms with Crippen molar-refractivity contribution >= 4 is 5.96 Å². The minimum atomic E-state index is 0.595. The summed E-state index contributed by atoms with van der Waals surface area (Å²) in [7, 11) is 0. The van der Waals surface area contributed by atoms with Gasteiger partial charge in [-0.3, -0.25) is 14.8 Å². The van der Waals surface area contributed by atoms with Gasteiger partial charge in [-0.15, -0.1) is 0 Å². The zero-order valence-corrected chi connectivity index (χ0v) is 13.9. The third-order valence-electron chi connectivity index (χ3n) is 5.05. The first kappa shape index (κ1) is 16.6. The molecule has 2 aliphatic heterocycles. The van der Waals surface area contributed by atoms with Gasteiger partial charge in [0.05, 0.1) is 6.54 Å². The first-order valence-corrected chi connectivity index (χ1v) is 8.76. The van der Waals surface area contributed by atoms with Crippen molar-refractivity contribution in [3.05, 3.63) is 0 Å². The van der Waals surface area contributed by atoms with Crippen LogP contribution in [0.4, 0.5) is 0 Å². The van der Waals surface area contributed by atoms with E-state index in [0.29, 0.717) is 18.0 Å². The molecule has 2 aliphatic rings. The van der Waals surface area contributed by atoms with Crippen molar-refractivity contribution in [3.63, 3.8) is 0 Å². The van der Waals surface area contributed by atoms with Gasteiger partial charge in [0.1, 0.15) is 0 Å². The van der Waals surface area contributed by atoms with E-state index in [2.05, 4.69) is 34.0 Å². The molecule has 2 heterocycles. The number of piperidine rings is 1. The van der Waals surface area contributed by atoms with Crippen molar-refractivity contribution in [2.45, 2.75) is 58.0 Å². The number of nitrogens with one attached hydrogen (secondary N) is 1. The summed E-state index contributed by atoms with van der Waals surface area (Å²) in [4.78, 5) is 9.63. The van der Waals surface area contributed by atoms with E-state index in [1.807, 2.05) is 0 Å². The Hall–Kier alpha value is -0.810. The van der Waals surface area contributed by atoms with Crippen LogP contribution in [0.5, 0.6) is 0 Å². The fraction of sp³-hybridized carbons (Fsp3) is 0.938. The van der Waals surface area contributed by atoms with Gasteiger partial charge in [-0.1, -0.05) is 20.3 Å². The molecule has 2 saturated heterocycles. The molecule has 2 unspecified atom stereocenters. The van der Waals surface area contributed by atoms with Crippen molar-refractivity contribution in [2.75, 3.05) is 39.3 Å². The van der Waals surface area contributed by atoms with Crippen LogP contribution < -0.4 is 11.1 Å². The number of aliphatic imine (C=N–C) groups is 1. The van der Waals surface area contributed by atoms with Crippen LogP contribution in [0.15, 0.2) is 4.99 Å². The van der Waals surface area contributed by atoms with Crippen LogP contribution in [0.25, 0.3) is 0 Å². The molecule has 2 atom stereocenters. The first-order valence-electron chi connectivity index (χ1n) is 8.76. The number of hydrogen-bond donors (Lipinski definition) is 2. The van der Waals surface area contributed by atoms with Gasteiger partial charge in [0.2, 0.25) is 0 Å². The molecule has 0 aromatic heterocycles. The van der Waals surface area contributed by atoms with E-state index in [0.717, 1.165) is 26.2 Å². The third-order valence-corrected chi connectivity index (χ3v) is 5.05. The van der Waals surface area contributed by atoms with Crippen molar-refractivity contribution in [3.8, 4) is 0 Å². The monoisotopic (exact) mass is 295 g/mol. The standard InChI is InChI=1S/C16H33N5/c1-3-20-10-6-5-8-14(20)12-18-16(17)19-13-15-9-7-11-21(15)4-2/h14-15H,3-13H2,1-2H3,(H3,17,18,19). The van der Waals surface area contributed by atoms with Crippen LogP contribution in [-0.4, -0.2) is 67.1 Å². The normalized spacial score (nSPS) is 29.0. The van der Waals surface area contributed by atoms with E-state index in [4.69, 9.17) is 5.73 Å². The quantitative estimate of drug-likeness (QED) is 0.572. The summed E-state index contributed by atoms with van der Waals surface area (Å²) < 4.78 is 0. The van der Waals surface area contributed by atoms with Gasteiger partial charge in [0.15, 0.2) is 5.96 Å². The Kier molecular flexibility index (Phi) is 6.77. The van der Waals surface area contributed by atoms with Crippen molar-refractivity contribution in [1.82, 2.24) is 15.1 Å². The van der Waals surface area contributed by atoms with E-state index >= 15 is 0 Å². The number of nitrogens with zero attached hydrogens (tertiary/aromatic N) is 3. The van der Waals surface area contributed by atoms with Gasteiger partial charge < -0.3 is 11.1 Å². The Morgan fingerprint density at radius 3 is 2.48 bits per heavy atom. The van der Waals surface area contributed by atoms with Gasteiger partial charge in [-0.25, -0.2) is 0 Å². The van der Waals surface area contributed by atoms with Crippen LogP contribution in [-0.2, 0) is 0 Å². The van der Waals surface area contributed by atoms with E-state index in [1.165, 1.54) is 45.2 Å². The SMILES string of the molecule is CCN1CCCC1CN=C(N)NCC1CCCCN1CC. The third kappa shape index (κ3) is 4.85. The average Bonchev–Trinajstić information content (AvgIpc) is 2.98. The maximum Gasteiger partial charge on any atom is 0.188 e. The highest BCUT2D eigenvalue weighted by atomic mass is 15.2. The van der Waals surface area contributed by atoms with Crippen LogP contribution in [0.1, 0.15) is 46.0 Å². The van der Waals surface area contributed by atoms with Gasteiger partial charge in [0, 0.05) is 18.6 Å². The maximum absolute atomic E-state index is 6.04. The molecule has 2 fully saturated rings. The maximum atomic E-state index is 6.04. The number of guanidine groups is 1. The van der Waals surface area contributed by atoms with Crippen LogP contribution in [0, 0.1) is 0 Å². The summed E-state index contributed by atoms with van der Waals surface area (Å²) in [5.74, 6) is 0.625. The molecule has 0 saturated carbocycles. The number of hydrogen-bond acceptors (Lipinski definition) is 3. The Labute approximate surface area is 130 Å². The lowest BCUT2D eigenvalue weighted by atomic mass is 10.0. The molecule has 5 nitrogen and oxygen atoms in total. The Balaban J connectivity index is 1.73. The minimum absolute atomic E-state index is 0.595. The van der Waals surface area contributed by atoms with Crippen LogP contribution in [0.2, 0.25) is 0 Å². The van der Waals surface area contributed by atoms with Crippen LogP contribution >= 0.6 is 0 Å². The van der Waals surface area contributed by atoms with E-state index in [-0.39, 0.29) is 0 Å². The molecule has 0 bridgehead atoms. The minimum Gasteiger partial charge on any atom is -0.370 e. The van der Waals surface area contributed by atoms with Gasteiger partial charge in [-0.05, 0) is 51.9 Å². The highest BCUT2D eigenvalue weighted by Gasteiger charge is 2.23. The topological polar surface area (TPSA) is 56.9 Å². The molecule has 0 radical (unpaired) electrons. The molecule has 5 heteroatoms.